The molecule has 0 saturated heterocycles. The minimum atomic E-state index is -4.78. The van der Waals surface area contributed by atoms with Crippen molar-refractivity contribution in [3.63, 3.8) is 0 Å². The molecular weight excluding hydrogens is 223 g/mol. The molecule has 1 rings (SSSR count). The first-order chi connectivity index (χ1) is 6.41. The van der Waals surface area contributed by atoms with E-state index in [0.717, 1.165) is 17.4 Å². The van der Waals surface area contributed by atoms with Gasteiger partial charge in [0.15, 0.2) is 0 Å². The number of halogens is 3. The van der Waals surface area contributed by atoms with Crippen molar-refractivity contribution < 1.29 is 23.1 Å². The molecule has 0 bridgehead atoms. The predicted octanol–water partition coefficient (Wildman–Crippen LogP) is 2.56. The zero-order chi connectivity index (χ0) is 10.8. The van der Waals surface area contributed by atoms with Crippen molar-refractivity contribution in [1.82, 2.24) is 0 Å². The lowest BCUT2D eigenvalue weighted by molar-refractivity contribution is -0.778. The first kappa shape index (κ1) is 10.8. The van der Waals surface area contributed by atoms with Gasteiger partial charge in [-0.05, 0) is 11.4 Å². The Balaban J connectivity index is 2.89. The summed E-state index contributed by atoms with van der Waals surface area (Å²) in [6.45, 7) is 0. The van der Waals surface area contributed by atoms with Crippen LogP contribution in [0.4, 0.5) is 13.2 Å². The first-order valence-electron chi connectivity index (χ1n) is 3.32. The molecule has 1 unspecified atom stereocenters. The van der Waals surface area contributed by atoms with Gasteiger partial charge in [0.05, 0.1) is 0 Å². The Hall–Kier alpha value is -1.31. The molecule has 1 atom stereocenters. The molecule has 8 heteroatoms. The van der Waals surface area contributed by atoms with E-state index in [0.29, 0.717) is 0 Å². The number of nitrogens with zero attached hydrogens (tertiary/aromatic N) is 1. The lowest BCUT2D eigenvalue weighted by Gasteiger charge is -2.16. The van der Waals surface area contributed by atoms with Gasteiger partial charge in [-0.15, -0.1) is 21.5 Å². The Bertz CT molecular complexity index is 311. The van der Waals surface area contributed by atoms with E-state index in [-0.39, 0.29) is 4.88 Å². The second-order valence-corrected chi connectivity index (χ2v) is 3.25. The summed E-state index contributed by atoms with van der Waals surface area (Å²) >= 11 is 0.750. The summed E-state index contributed by atoms with van der Waals surface area (Å²) in [5, 5.41) is 9.78. The average Bonchev–Trinajstić information content (AvgIpc) is 2.49. The van der Waals surface area contributed by atoms with Gasteiger partial charge in [-0.3, -0.25) is 4.84 Å². The van der Waals surface area contributed by atoms with Crippen LogP contribution in [-0.4, -0.2) is 11.3 Å². The van der Waals surface area contributed by atoms with Gasteiger partial charge >= 0.3 is 6.18 Å². The number of rotatable bonds is 3. The summed E-state index contributed by atoms with van der Waals surface area (Å²) in [6, 6.07) is 2.49. The summed E-state index contributed by atoms with van der Waals surface area (Å²) in [5.74, 6) is 0. The zero-order valence-corrected chi connectivity index (χ0v) is 7.34. The maximum Gasteiger partial charge on any atom is 0.419 e. The van der Waals surface area contributed by atoms with E-state index in [4.69, 9.17) is 0 Å². The van der Waals surface area contributed by atoms with Crippen molar-refractivity contribution in [2.24, 2.45) is 0 Å². The number of thiophene rings is 1. The highest BCUT2D eigenvalue weighted by Crippen LogP contribution is 2.37. The highest BCUT2D eigenvalue weighted by Gasteiger charge is 2.44. The Kier molecular flexibility index (Phi) is 2.94. The molecule has 0 aromatic carbocycles. The molecule has 1 aromatic rings. The summed E-state index contributed by atoms with van der Waals surface area (Å²) < 4.78 is 36.7. The van der Waals surface area contributed by atoms with Crippen molar-refractivity contribution in [1.29, 1.82) is 0 Å². The van der Waals surface area contributed by atoms with Crippen molar-refractivity contribution >= 4 is 11.3 Å². The Labute approximate surface area is 80.0 Å². The van der Waals surface area contributed by atoms with E-state index in [1.54, 1.807) is 0 Å². The number of alkyl halides is 3. The van der Waals surface area contributed by atoms with Crippen molar-refractivity contribution in [3.05, 3.63) is 32.5 Å². The molecule has 0 amide bonds. The van der Waals surface area contributed by atoms with Gasteiger partial charge in [-0.1, -0.05) is 6.07 Å². The van der Waals surface area contributed by atoms with E-state index < -0.39 is 17.4 Å². The second-order valence-electron chi connectivity index (χ2n) is 2.27. The summed E-state index contributed by atoms with van der Waals surface area (Å²) in [7, 11) is 0. The highest BCUT2D eigenvalue weighted by atomic mass is 32.1. The smallest absolute Gasteiger partial charge is 0.295 e. The molecule has 0 fully saturated rings. The van der Waals surface area contributed by atoms with E-state index in [9.17, 15) is 23.3 Å². The molecule has 78 valence electrons. The highest BCUT2D eigenvalue weighted by molar-refractivity contribution is 7.10. The van der Waals surface area contributed by atoms with Gasteiger partial charge in [0.2, 0.25) is 6.10 Å². The number of hydrogen-bond donors (Lipinski definition) is 0. The second kappa shape index (κ2) is 3.82. The summed E-state index contributed by atoms with van der Waals surface area (Å²) in [5.41, 5.74) is 0. The monoisotopic (exact) mass is 227 g/mol. The van der Waals surface area contributed by atoms with Gasteiger partial charge in [0.25, 0.3) is 5.09 Å². The van der Waals surface area contributed by atoms with Crippen LogP contribution in [0.3, 0.4) is 0 Å². The van der Waals surface area contributed by atoms with Crippen molar-refractivity contribution in [3.8, 4) is 0 Å². The van der Waals surface area contributed by atoms with Gasteiger partial charge < -0.3 is 0 Å². The van der Waals surface area contributed by atoms with Crippen LogP contribution in [0.15, 0.2) is 17.5 Å². The fraction of sp³-hybridized carbons (Fsp3) is 0.333. The molecule has 14 heavy (non-hydrogen) atoms. The lowest BCUT2D eigenvalue weighted by atomic mass is 10.3. The fourth-order valence-electron chi connectivity index (χ4n) is 0.800. The SMILES string of the molecule is O=[N+]([O-])OC(c1cccs1)C(F)(F)F. The van der Waals surface area contributed by atoms with Crippen LogP contribution in [-0.2, 0) is 4.84 Å². The Morgan fingerprint density at radius 1 is 1.57 bits per heavy atom. The quantitative estimate of drug-likeness (QED) is 0.589. The molecule has 1 aromatic heterocycles. The molecule has 1 heterocycles. The molecule has 0 saturated carbocycles. The van der Waals surface area contributed by atoms with Crippen LogP contribution in [0.1, 0.15) is 11.0 Å². The van der Waals surface area contributed by atoms with Gasteiger partial charge in [-0.2, -0.15) is 13.2 Å². The third-order valence-corrected chi connectivity index (χ3v) is 2.21. The lowest BCUT2D eigenvalue weighted by Crippen LogP contribution is -2.24. The maximum atomic E-state index is 12.2. The molecule has 4 nitrogen and oxygen atoms in total. The molecular formula is C6H4F3NO3S. The van der Waals surface area contributed by atoms with Gasteiger partial charge in [0, 0.05) is 4.88 Å². The van der Waals surface area contributed by atoms with Crippen LogP contribution in [0.2, 0.25) is 0 Å². The normalized spacial score (nSPS) is 13.6. The third kappa shape index (κ3) is 2.59. The largest absolute Gasteiger partial charge is 0.419 e. The average molecular weight is 227 g/mol. The zero-order valence-electron chi connectivity index (χ0n) is 6.52. The van der Waals surface area contributed by atoms with Crippen LogP contribution >= 0.6 is 11.3 Å². The third-order valence-electron chi connectivity index (χ3n) is 1.29. The van der Waals surface area contributed by atoms with Gasteiger partial charge in [-0.25, -0.2) is 0 Å². The minimum Gasteiger partial charge on any atom is -0.295 e. The maximum absolute atomic E-state index is 12.2. The molecule has 0 N–H and O–H groups in total. The molecule has 0 aliphatic carbocycles. The Morgan fingerprint density at radius 3 is 2.57 bits per heavy atom. The van der Waals surface area contributed by atoms with Crippen LogP contribution in [0.5, 0.6) is 0 Å². The standard InChI is InChI=1S/C6H4F3NO3S/c7-6(8,9)5(13-10(11)12)4-2-1-3-14-4/h1-3,5H. The molecule has 0 radical (unpaired) electrons. The fourth-order valence-corrected chi connectivity index (χ4v) is 1.57. The summed E-state index contributed by atoms with van der Waals surface area (Å²) in [6.07, 6.45) is -7.27. The molecule has 0 aliphatic rings. The van der Waals surface area contributed by atoms with Crippen molar-refractivity contribution in [2.75, 3.05) is 0 Å². The first-order valence-corrected chi connectivity index (χ1v) is 4.20. The Morgan fingerprint density at radius 2 is 2.21 bits per heavy atom. The van der Waals surface area contributed by atoms with Crippen molar-refractivity contribution in [2.45, 2.75) is 12.3 Å². The minimum absolute atomic E-state index is 0.241. The number of hydrogen-bond acceptors (Lipinski definition) is 4. The molecule has 0 aliphatic heterocycles. The van der Waals surface area contributed by atoms with Crippen LogP contribution in [0.25, 0.3) is 0 Å². The topological polar surface area (TPSA) is 52.4 Å². The van der Waals surface area contributed by atoms with E-state index in [1.165, 1.54) is 11.4 Å². The van der Waals surface area contributed by atoms with Crippen LogP contribution < -0.4 is 0 Å². The van der Waals surface area contributed by atoms with E-state index >= 15 is 0 Å². The van der Waals surface area contributed by atoms with E-state index in [2.05, 4.69) is 4.84 Å². The predicted molar refractivity (Wildman–Crippen MR) is 41.2 cm³/mol. The van der Waals surface area contributed by atoms with Crippen LogP contribution in [0, 0.1) is 10.1 Å². The molecule has 0 spiro atoms. The van der Waals surface area contributed by atoms with E-state index in [1.807, 2.05) is 0 Å². The van der Waals surface area contributed by atoms with Gasteiger partial charge in [0.1, 0.15) is 0 Å². The summed E-state index contributed by atoms with van der Waals surface area (Å²) in [4.78, 5) is 13.2.